The highest BCUT2D eigenvalue weighted by Gasteiger charge is 2.23. The third-order valence-corrected chi connectivity index (χ3v) is 9.89. The lowest BCUT2D eigenvalue weighted by Crippen LogP contribution is -2.36. The van der Waals surface area contributed by atoms with Crippen LogP contribution in [0.1, 0.15) is 16.7 Å². The molecule has 0 spiro atoms. The number of fused-ring (bicyclic) bond motifs is 3. The Morgan fingerprint density at radius 2 is 1.34 bits per heavy atom. The van der Waals surface area contributed by atoms with E-state index in [1.165, 1.54) is 29.4 Å². The van der Waals surface area contributed by atoms with Crippen molar-refractivity contribution in [3.63, 3.8) is 0 Å². The summed E-state index contributed by atoms with van der Waals surface area (Å²) in [5.74, 6) is 12.8. The van der Waals surface area contributed by atoms with Gasteiger partial charge in [-0.1, -0.05) is 72.8 Å². The van der Waals surface area contributed by atoms with Crippen molar-refractivity contribution in [2.75, 3.05) is 97.7 Å². The highest BCUT2D eigenvalue weighted by Crippen LogP contribution is 2.37. The summed E-state index contributed by atoms with van der Waals surface area (Å²) in [5.41, 5.74) is 19.3. The molecule has 330 valence electrons. The molecule has 0 unspecified atom stereocenters. The topological polar surface area (TPSA) is 220 Å². The fraction of sp³-hybridized carbons (Fsp3) is 0.326. The van der Waals surface area contributed by atoms with Gasteiger partial charge in [-0.25, -0.2) is 11.7 Å². The van der Waals surface area contributed by atoms with E-state index in [1.807, 2.05) is 60.7 Å². The maximum absolute atomic E-state index is 12.8. The van der Waals surface area contributed by atoms with Gasteiger partial charge in [-0.15, -0.1) is 0 Å². The number of nitrogens with two attached hydrogens (primary N) is 4. The van der Waals surface area contributed by atoms with Gasteiger partial charge in [0.2, 0.25) is 5.75 Å². The molecule has 0 aliphatic carbocycles. The number of hydrogen-bond acceptors (Lipinski definition) is 16. The van der Waals surface area contributed by atoms with Crippen molar-refractivity contribution in [2.24, 2.45) is 23.2 Å². The summed E-state index contributed by atoms with van der Waals surface area (Å²) >= 11 is 0. The summed E-state index contributed by atoms with van der Waals surface area (Å²) in [7, 11) is 2.07. The van der Waals surface area contributed by atoms with E-state index in [4.69, 9.17) is 56.0 Å². The predicted molar refractivity (Wildman–Crippen MR) is 239 cm³/mol. The van der Waals surface area contributed by atoms with Crippen LogP contribution in [0.2, 0.25) is 0 Å². The molecular formula is C46H57N7O9. The first kappa shape index (κ1) is 45.4. The first-order chi connectivity index (χ1) is 30.2. The molecule has 16 nitrogen and oxygen atoms in total. The number of nitrogens with zero attached hydrogens (tertiary/aromatic N) is 3. The summed E-state index contributed by atoms with van der Waals surface area (Å²) in [5, 5.41) is 13.8. The van der Waals surface area contributed by atoms with E-state index in [9.17, 15) is 9.90 Å². The molecule has 1 aliphatic rings. The molecule has 9 N–H and O–H groups in total. The number of anilines is 1. The van der Waals surface area contributed by atoms with Gasteiger partial charge in [0.05, 0.1) is 102 Å². The maximum Gasteiger partial charge on any atom is 0.205 e. The van der Waals surface area contributed by atoms with Crippen LogP contribution in [-0.2, 0) is 30.2 Å². The van der Waals surface area contributed by atoms with Gasteiger partial charge in [-0.2, -0.15) is 0 Å². The average molecular weight is 852 g/mol. The Bertz CT molecular complexity index is 2320. The Balaban J connectivity index is 0.782. The molecule has 0 bridgehead atoms. The second-order valence-electron chi connectivity index (χ2n) is 14.4. The summed E-state index contributed by atoms with van der Waals surface area (Å²) in [6.07, 6.45) is 1.50. The molecule has 0 radical (unpaired) electrons. The van der Waals surface area contributed by atoms with E-state index in [-0.39, 0.29) is 40.2 Å². The van der Waals surface area contributed by atoms with Crippen molar-refractivity contribution < 1.29 is 37.9 Å². The number of rotatable bonds is 24. The van der Waals surface area contributed by atoms with Gasteiger partial charge >= 0.3 is 0 Å². The lowest BCUT2D eigenvalue weighted by Gasteiger charge is -2.32. The molecule has 1 aromatic heterocycles. The number of phenolic OH excluding ortho intramolecular Hbond substituents is 1. The second kappa shape index (κ2) is 23.2. The van der Waals surface area contributed by atoms with Gasteiger partial charge in [0.1, 0.15) is 12.4 Å². The minimum Gasteiger partial charge on any atom is -0.504 e. The first-order valence-corrected chi connectivity index (χ1v) is 20.5. The number of hydrazine groups is 2. The molecule has 4 aromatic carbocycles. The van der Waals surface area contributed by atoms with Crippen LogP contribution in [0.25, 0.3) is 33.7 Å². The smallest absolute Gasteiger partial charge is 0.205 e. The molecule has 0 saturated heterocycles. The molecule has 0 saturated carbocycles. The average Bonchev–Trinajstić information content (AvgIpc) is 3.27. The lowest BCUT2D eigenvalue weighted by molar-refractivity contribution is -0.0123. The van der Waals surface area contributed by atoms with Crippen LogP contribution < -0.4 is 38.2 Å². The van der Waals surface area contributed by atoms with Crippen LogP contribution in [0.15, 0.2) is 118 Å². The van der Waals surface area contributed by atoms with Crippen LogP contribution >= 0.6 is 0 Å². The number of benzene rings is 4. The fourth-order valence-corrected chi connectivity index (χ4v) is 6.81. The van der Waals surface area contributed by atoms with Crippen molar-refractivity contribution in [3.05, 3.63) is 136 Å². The Morgan fingerprint density at radius 3 is 2.02 bits per heavy atom. The first-order valence-electron chi connectivity index (χ1n) is 20.5. The Labute approximate surface area is 361 Å². The SMILES string of the molecule is CN1Cc2ccccc2/C(N(N)CCOCCOCCOCCOCCOCCN(N)/C=C(\N)COc2c(O)ccc3c(=O)cc(-c4ccccc4)oc23)=C(/N)c2ccccc21. The van der Waals surface area contributed by atoms with Crippen LogP contribution in [0.5, 0.6) is 11.5 Å². The van der Waals surface area contributed by atoms with E-state index in [0.29, 0.717) is 96.2 Å². The third kappa shape index (κ3) is 12.5. The van der Waals surface area contributed by atoms with Crippen LogP contribution in [0.3, 0.4) is 0 Å². The van der Waals surface area contributed by atoms with Crippen LogP contribution in [0.4, 0.5) is 5.69 Å². The lowest BCUT2D eigenvalue weighted by atomic mass is 9.96. The molecule has 1 aliphatic heterocycles. The van der Waals surface area contributed by atoms with Crippen molar-refractivity contribution >= 4 is 28.1 Å². The zero-order chi connectivity index (χ0) is 43.7. The number of phenols is 1. The van der Waals surface area contributed by atoms with E-state index in [1.54, 1.807) is 5.01 Å². The van der Waals surface area contributed by atoms with E-state index in [0.717, 1.165) is 34.6 Å². The Morgan fingerprint density at radius 1 is 0.758 bits per heavy atom. The highest BCUT2D eigenvalue weighted by molar-refractivity contribution is 5.93. The zero-order valence-corrected chi connectivity index (χ0v) is 35.1. The standard InChI is InChI=1S/C46H57N7O9/c1-51-30-34-11-5-6-12-36(34)44(43(48)37-13-7-8-14-39(37)51)53(50)18-20-57-22-24-59-26-28-60-27-25-58-23-21-56-19-17-52(49)31-35(47)32-61-46-40(54)16-15-38-41(55)29-42(62-45(38)46)33-9-3-2-4-10-33/h2-16,29,31,54H,17-28,30,32,47-50H2,1H3/b35-31-,44-43-. The molecule has 0 atom stereocenters. The van der Waals surface area contributed by atoms with Crippen molar-refractivity contribution in [2.45, 2.75) is 6.54 Å². The number of hydrogen-bond donors (Lipinski definition) is 5. The fourth-order valence-electron chi connectivity index (χ4n) is 6.81. The van der Waals surface area contributed by atoms with Crippen molar-refractivity contribution in [1.82, 2.24) is 10.0 Å². The molecule has 2 heterocycles. The number of aromatic hydroxyl groups is 1. The summed E-state index contributed by atoms with van der Waals surface area (Å²) in [6, 6.07) is 29.7. The summed E-state index contributed by atoms with van der Waals surface area (Å²) in [4.78, 5) is 15.0. The monoisotopic (exact) mass is 851 g/mol. The maximum atomic E-state index is 12.8. The van der Waals surface area contributed by atoms with E-state index >= 15 is 0 Å². The highest BCUT2D eigenvalue weighted by atomic mass is 16.6. The molecular weight excluding hydrogens is 795 g/mol. The molecule has 6 rings (SSSR count). The predicted octanol–water partition coefficient (Wildman–Crippen LogP) is 4.21. The van der Waals surface area contributed by atoms with Gasteiger partial charge in [0.15, 0.2) is 16.8 Å². The van der Waals surface area contributed by atoms with Gasteiger partial charge in [-0.05, 0) is 23.8 Å². The normalized spacial score (nSPS) is 14.0. The summed E-state index contributed by atoms with van der Waals surface area (Å²) in [6.45, 7) is 5.49. The third-order valence-electron chi connectivity index (χ3n) is 9.89. The zero-order valence-electron chi connectivity index (χ0n) is 35.1. The minimum absolute atomic E-state index is 0.00522. The van der Waals surface area contributed by atoms with Gasteiger partial charge in [0, 0.05) is 48.2 Å². The van der Waals surface area contributed by atoms with Crippen LogP contribution in [-0.4, -0.2) is 108 Å². The molecule has 16 heteroatoms. The molecule has 62 heavy (non-hydrogen) atoms. The largest absolute Gasteiger partial charge is 0.504 e. The molecule has 0 fully saturated rings. The quantitative estimate of drug-likeness (QED) is 0.0334. The van der Waals surface area contributed by atoms with Crippen LogP contribution in [0, 0.1) is 0 Å². The second-order valence-corrected chi connectivity index (χ2v) is 14.4. The molecule has 5 aromatic rings. The number of para-hydroxylation sites is 1. The van der Waals surface area contributed by atoms with Crippen molar-refractivity contribution in [3.8, 4) is 22.8 Å². The van der Waals surface area contributed by atoms with Gasteiger partial charge in [-0.3, -0.25) is 4.79 Å². The van der Waals surface area contributed by atoms with E-state index < -0.39 is 0 Å². The van der Waals surface area contributed by atoms with Gasteiger partial charge in [0.25, 0.3) is 0 Å². The number of ether oxygens (including phenoxy) is 6. The minimum atomic E-state index is -0.268. The molecule has 0 amide bonds. The van der Waals surface area contributed by atoms with Crippen molar-refractivity contribution in [1.29, 1.82) is 0 Å². The Hall–Kier alpha value is -6.11. The van der Waals surface area contributed by atoms with E-state index in [2.05, 4.69) is 30.1 Å². The van der Waals surface area contributed by atoms with Gasteiger partial charge < -0.3 is 64.3 Å². The summed E-state index contributed by atoms with van der Waals surface area (Å²) < 4.78 is 40.0. The Kier molecular flexibility index (Phi) is 17.0.